The fourth-order valence-corrected chi connectivity index (χ4v) is 6.11. The quantitative estimate of drug-likeness (QED) is 0.781. The van der Waals surface area contributed by atoms with E-state index >= 15 is 0 Å². The van der Waals surface area contributed by atoms with Crippen molar-refractivity contribution < 1.29 is 4.39 Å². The number of halogens is 1. The molecular weight excluding hydrogens is 361 g/mol. The number of fused-ring (bicyclic) bond motifs is 1. The molecule has 29 heavy (non-hydrogen) atoms. The second-order valence-corrected chi connectivity index (χ2v) is 9.33. The summed E-state index contributed by atoms with van der Waals surface area (Å²) < 4.78 is 14.4. The zero-order valence-electron chi connectivity index (χ0n) is 17.5. The molecule has 0 amide bonds. The molecule has 0 spiro atoms. The molecule has 0 bridgehead atoms. The Balaban J connectivity index is 1.37. The first-order valence-electron chi connectivity index (χ1n) is 11.3. The highest BCUT2D eigenvalue weighted by molar-refractivity contribution is 5.51. The highest BCUT2D eigenvalue weighted by Gasteiger charge is 2.48. The van der Waals surface area contributed by atoms with Crippen molar-refractivity contribution in [1.82, 2.24) is 14.7 Å². The molecule has 5 rings (SSSR count). The van der Waals surface area contributed by atoms with E-state index in [0.717, 1.165) is 44.7 Å². The van der Waals surface area contributed by atoms with E-state index in [1.54, 1.807) is 23.4 Å². The second kappa shape index (κ2) is 7.82. The monoisotopic (exact) mass is 394 g/mol. The minimum absolute atomic E-state index is 0.157. The van der Waals surface area contributed by atoms with Crippen molar-refractivity contribution in [2.45, 2.75) is 57.8 Å². The first-order valence-corrected chi connectivity index (χ1v) is 11.3. The Morgan fingerprint density at radius 3 is 2.69 bits per heavy atom. The van der Waals surface area contributed by atoms with Crippen molar-refractivity contribution in [2.75, 3.05) is 26.2 Å². The molecule has 4 heteroatoms. The maximum atomic E-state index is 13.2. The van der Waals surface area contributed by atoms with Gasteiger partial charge in [0.05, 0.1) is 12.6 Å². The minimum atomic E-state index is -0.157. The van der Waals surface area contributed by atoms with E-state index in [1.165, 1.54) is 48.0 Å². The molecule has 3 aliphatic rings. The average molecular weight is 395 g/mol. The molecule has 3 heterocycles. The van der Waals surface area contributed by atoms with Gasteiger partial charge in [0, 0.05) is 58.1 Å². The van der Waals surface area contributed by atoms with Gasteiger partial charge in [-0.05, 0) is 48.2 Å². The lowest BCUT2D eigenvalue weighted by molar-refractivity contribution is 0.202. The molecule has 0 radical (unpaired) electrons. The molecule has 3 aliphatic heterocycles. The summed E-state index contributed by atoms with van der Waals surface area (Å²) in [6, 6.07) is 15.8. The summed E-state index contributed by atoms with van der Waals surface area (Å²) in [4.78, 5) is 2.49. The SMILES string of the molecule is C[C@H]1CCC[N+]1(c1ccc2c(c1)CCN(Cc1ccc(F)cc1)C2)[C@H]1CCNC1. The molecule has 3 nitrogen and oxygen atoms in total. The third kappa shape index (κ3) is 3.52. The van der Waals surface area contributed by atoms with Gasteiger partial charge in [-0.3, -0.25) is 9.38 Å². The van der Waals surface area contributed by atoms with E-state index in [0.29, 0.717) is 0 Å². The van der Waals surface area contributed by atoms with Gasteiger partial charge in [0.25, 0.3) is 0 Å². The van der Waals surface area contributed by atoms with Gasteiger partial charge in [-0.1, -0.05) is 18.2 Å². The Labute approximate surface area is 174 Å². The Kier molecular flexibility index (Phi) is 5.19. The number of hydrogen-bond donors (Lipinski definition) is 1. The Hall–Kier alpha value is -1.75. The lowest BCUT2D eigenvalue weighted by Gasteiger charge is -2.44. The third-order valence-electron chi connectivity index (χ3n) is 7.70. The number of rotatable bonds is 4. The zero-order valence-corrected chi connectivity index (χ0v) is 17.5. The van der Waals surface area contributed by atoms with Crippen LogP contribution in [0.2, 0.25) is 0 Å². The van der Waals surface area contributed by atoms with Crippen LogP contribution in [0, 0.1) is 5.82 Å². The molecule has 0 saturated carbocycles. The summed E-state index contributed by atoms with van der Waals surface area (Å²) in [6.07, 6.45) is 5.10. The summed E-state index contributed by atoms with van der Waals surface area (Å²) in [7, 11) is 0. The van der Waals surface area contributed by atoms with Crippen molar-refractivity contribution in [1.29, 1.82) is 0 Å². The number of likely N-dealkylation sites (tertiary alicyclic amines) is 1. The predicted molar refractivity (Wildman–Crippen MR) is 117 cm³/mol. The first-order chi connectivity index (χ1) is 14.1. The number of hydrogen-bond acceptors (Lipinski definition) is 2. The molecule has 154 valence electrons. The topological polar surface area (TPSA) is 15.3 Å². The van der Waals surface area contributed by atoms with E-state index < -0.39 is 0 Å². The van der Waals surface area contributed by atoms with Crippen LogP contribution in [0.15, 0.2) is 42.5 Å². The van der Waals surface area contributed by atoms with Crippen molar-refractivity contribution in [3.63, 3.8) is 0 Å². The average Bonchev–Trinajstić information content (AvgIpc) is 3.40. The van der Waals surface area contributed by atoms with Crippen LogP contribution >= 0.6 is 0 Å². The van der Waals surface area contributed by atoms with E-state index in [2.05, 4.69) is 35.3 Å². The third-order valence-corrected chi connectivity index (χ3v) is 7.70. The van der Waals surface area contributed by atoms with Gasteiger partial charge in [-0.2, -0.15) is 0 Å². The van der Waals surface area contributed by atoms with E-state index in [1.807, 2.05) is 12.1 Å². The second-order valence-electron chi connectivity index (χ2n) is 9.33. The Morgan fingerprint density at radius 2 is 1.97 bits per heavy atom. The first kappa shape index (κ1) is 19.2. The molecule has 2 saturated heterocycles. The summed E-state index contributed by atoms with van der Waals surface area (Å²) in [5.74, 6) is -0.157. The summed E-state index contributed by atoms with van der Waals surface area (Å²) in [6.45, 7) is 9.06. The number of nitrogens with one attached hydrogen (secondary N) is 1. The molecule has 1 N–H and O–H groups in total. The molecule has 2 aromatic carbocycles. The fraction of sp³-hybridized carbons (Fsp3) is 0.520. The molecule has 2 fully saturated rings. The number of nitrogens with zero attached hydrogens (tertiary/aromatic N) is 2. The standard InChI is InChI=1S/C25H33FN3/c1-19-3-2-14-29(19,25-10-12-27-16-25)24-9-6-22-18-28(13-11-21(22)15-24)17-20-4-7-23(26)8-5-20/h4-9,15,19,25,27H,2-3,10-14,16-18H2,1H3/q+1/t19-,25-,29?/m0/s1. The van der Waals surface area contributed by atoms with Crippen LogP contribution in [0.4, 0.5) is 10.1 Å². The molecule has 0 aromatic heterocycles. The van der Waals surface area contributed by atoms with E-state index in [-0.39, 0.29) is 5.82 Å². The highest BCUT2D eigenvalue weighted by atomic mass is 19.1. The van der Waals surface area contributed by atoms with Crippen LogP contribution in [0.25, 0.3) is 0 Å². The molecule has 3 atom stereocenters. The van der Waals surface area contributed by atoms with Gasteiger partial charge in [0.15, 0.2) is 0 Å². The van der Waals surface area contributed by atoms with E-state index in [9.17, 15) is 4.39 Å². The molecule has 1 unspecified atom stereocenters. The van der Waals surface area contributed by atoms with Crippen LogP contribution in [0.5, 0.6) is 0 Å². The van der Waals surface area contributed by atoms with Crippen molar-refractivity contribution in [3.05, 3.63) is 65.0 Å². The van der Waals surface area contributed by atoms with Gasteiger partial charge in [-0.15, -0.1) is 0 Å². The van der Waals surface area contributed by atoms with Crippen molar-refractivity contribution >= 4 is 5.69 Å². The van der Waals surface area contributed by atoms with Crippen molar-refractivity contribution in [3.8, 4) is 0 Å². The highest BCUT2D eigenvalue weighted by Crippen LogP contribution is 2.40. The van der Waals surface area contributed by atoms with Gasteiger partial charge < -0.3 is 5.32 Å². The van der Waals surface area contributed by atoms with Gasteiger partial charge >= 0.3 is 0 Å². The van der Waals surface area contributed by atoms with Crippen LogP contribution in [-0.2, 0) is 19.5 Å². The Morgan fingerprint density at radius 1 is 1.10 bits per heavy atom. The molecule has 2 aromatic rings. The van der Waals surface area contributed by atoms with Crippen LogP contribution in [0.1, 0.15) is 42.9 Å². The van der Waals surface area contributed by atoms with Crippen LogP contribution in [0.3, 0.4) is 0 Å². The number of quaternary nitrogens is 1. The maximum absolute atomic E-state index is 13.2. The normalized spacial score (nSPS) is 29.9. The summed E-state index contributed by atoms with van der Waals surface area (Å²) in [5.41, 5.74) is 5.75. The molecule has 0 aliphatic carbocycles. The van der Waals surface area contributed by atoms with Gasteiger partial charge in [-0.25, -0.2) is 4.39 Å². The molecular formula is C25H33FN3+. The Bertz CT molecular complexity index is 859. The van der Waals surface area contributed by atoms with Crippen molar-refractivity contribution in [2.24, 2.45) is 0 Å². The zero-order chi connectivity index (χ0) is 19.8. The van der Waals surface area contributed by atoms with E-state index in [4.69, 9.17) is 0 Å². The largest absolute Gasteiger partial charge is 0.311 e. The summed E-state index contributed by atoms with van der Waals surface area (Å²) in [5, 5.41) is 3.61. The lowest BCUT2D eigenvalue weighted by atomic mass is 9.96. The summed E-state index contributed by atoms with van der Waals surface area (Å²) >= 11 is 0. The lowest BCUT2D eigenvalue weighted by Crippen LogP contribution is -2.59. The smallest absolute Gasteiger partial charge is 0.133 e. The minimum Gasteiger partial charge on any atom is -0.311 e. The van der Waals surface area contributed by atoms with Gasteiger partial charge in [0.2, 0.25) is 0 Å². The van der Waals surface area contributed by atoms with Crippen LogP contribution in [-0.4, -0.2) is 43.2 Å². The fourth-order valence-electron chi connectivity index (χ4n) is 6.11. The predicted octanol–water partition coefficient (Wildman–Crippen LogP) is 4.24. The van der Waals surface area contributed by atoms with Crippen LogP contribution < -0.4 is 9.80 Å². The maximum Gasteiger partial charge on any atom is 0.133 e. The number of benzene rings is 2. The van der Waals surface area contributed by atoms with Gasteiger partial charge in [0.1, 0.15) is 17.5 Å².